The number of aromatic nitrogens is 4. The van der Waals surface area contributed by atoms with Crippen molar-refractivity contribution in [3.8, 4) is 0 Å². The fourth-order valence-electron chi connectivity index (χ4n) is 3.87. The van der Waals surface area contributed by atoms with Crippen molar-refractivity contribution in [1.82, 2.24) is 19.6 Å². The molecule has 32 heavy (non-hydrogen) atoms. The monoisotopic (exact) mass is 469 g/mol. The summed E-state index contributed by atoms with van der Waals surface area (Å²) in [5.74, 6) is -0.738. The molecule has 1 aliphatic rings. The lowest BCUT2D eigenvalue weighted by Crippen LogP contribution is -2.22. The molecule has 6 nitrogen and oxygen atoms in total. The smallest absolute Gasteiger partial charge is 0.308 e. The van der Waals surface area contributed by atoms with Gasteiger partial charge < -0.3 is 5.32 Å². The first-order valence-corrected chi connectivity index (χ1v) is 10.5. The number of benzene rings is 1. The quantitative estimate of drug-likeness (QED) is 0.429. The fraction of sp³-hybridized carbons (Fsp3) is 0.381. The topological polar surface area (TPSA) is 64.7 Å². The van der Waals surface area contributed by atoms with E-state index in [1.807, 2.05) is 0 Å². The van der Waals surface area contributed by atoms with Gasteiger partial charge in [0, 0.05) is 28.5 Å². The molecule has 0 radical (unpaired) electrons. The summed E-state index contributed by atoms with van der Waals surface area (Å²) in [4.78, 5) is 12.5. The van der Waals surface area contributed by atoms with E-state index in [0.29, 0.717) is 30.5 Å². The van der Waals surface area contributed by atoms with Gasteiger partial charge in [-0.1, -0.05) is 24.1 Å². The number of carbonyl (C=O) groups is 1. The van der Waals surface area contributed by atoms with E-state index in [0.717, 1.165) is 17.5 Å². The van der Waals surface area contributed by atoms with Gasteiger partial charge in [0.25, 0.3) is 0 Å². The Balaban J connectivity index is 1.46. The van der Waals surface area contributed by atoms with Crippen LogP contribution in [0.4, 0.5) is 23.4 Å². The Kier molecular flexibility index (Phi) is 6.23. The molecule has 1 aliphatic carbocycles. The maximum Gasteiger partial charge on any atom is 0.435 e. The number of rotatable bonds is 5. The van der Waals surface area contributed by atoms with Crippen molar-refractivity contribution in [1.29, 1.82) is 0 Å². The molecule has 2 heterocycles. The highest BCUT2D eigenvalue weighted by Crippen LogP contribution is 2.35. The summed E-state index contributed by atoms with van der Waals surface area (Å²) in [6.45, 7) is -0.0777. The number of alkyl halides is 3. The van der Waals surface area contributed by atoms with E-state index in [4.69, 9.17) is 11.6 Å². The van der Waals surface area contributed by atoms with Crippen LogP contribution in [0.15, 0.2) is 30.5 Å². The van der Waals surface area contributed by atoms with Gasteiger partial charge in [-0.25, -0.2) is 4.39 Å². The lowest BCUT2D eigenvalue weighted by Gasteiger charge is -2.08. The third-order valence-corrected chi connectivity index (χ3v) is 5.68. The molecule has 0 atom stereocenters. The van der Waals surface area contributed by atoms with E-state index >= 15 is 0 Å². The number of halogens is 5. The van der Waals surface area contributed by atoms with Crippen molar-refractivity contribution in [2.24, 2.45) is 0 Å². The van der Waals surface area contributed by atoms with Crippen LogP contribution in [0.1, 0.15) is 41.8 Å². The lowest BCUT2D eigenvalue weighted by molar-refractivity contribution is -0.142. The van der Waals surface area contributed by atoms with E-state index in [2.05, 4.69) is 15.5 Å². The molecular weight excluding hydrogens is 450 g/mol. The Labute approximate surface area is 186 Å². The second kappa shape index (κ2) is 8.93. The first-order chi connectivity index (χ1) is 15.2. The van der Waals surface area contributed by atoms with Crippen LogP contribution in [0.25, 0.3) is 0 Å². The molecule has 3 aromatic rings. The van der Waals surface area contributed by atoms with Gasteiger partial charge in [-0.2, -0.15) is 23.4 Å². The predicted octanol–water partition coefficient (Wildman–Crippen LogP) is 4.85. The van der Waals surface area contributed by atoms with Crippen molar-refractivity contribution >= 4 is 23.3 Å². The van der Waals surface area contributed by atoms with Gasteiger partial charge in [0.1, 0.15) is 12.4 Å². The molecule has 1 N–H and O–H groups in total. The maximum atomic E-state index is 13.4. The molecule has 170 valence electrons. The van der Waals surface area contributed by atoms with Crippen LogP contribution < -0.4 is 5.32 Å². The van der Waals surface area contributed by atoms with Gasteiger partial charge in [-0.3, -0.25) is 14.2 Å². The van der Waals surface area contributed by atoms with Crippen LogP contribution in [0.5, 0.6) is 0 Å². The van der Waals surface area contributed by atoms with Gasteiger partial charge >= 0.3 is 6.18 Å². The number of hydrogen-bond donors (Lipinski definition) is 1. The summed E-state index contributed by atoms with van der Waals surface area (Å²) >= 11 is 6.02. The summed E-state index contributed by atoms with van der Waals surface area (Å²) in [5, 5.41) is 10.8. The van der Waals surface area contributed by atoms with Gasteiger partial charge in [0.05, 0.1) is 6.54 Å². The second-order valence-corrected chi connectivity index (χ2v) is 8.08. The molecule has 0 saturated heterocycles. The fourth-order valence-corrected chi connectivity index (χ4v) is 4.09. The van der Waals surface area contributed by atoms with Crippen molar-refractivity contribution in [2.75, 3.05) is 5.32 Å². The van der Waals surface area contributed by atoms with E-state index in [1.165, 1.54) is 16.8 Å². The average molecular weight is 470 g/mol. The normalized spacial score (nSPS) is 14.2. The molecule has 0 bridgehead atoms. The third-order valence-electron chi connectivity index (χ3n) is 5.32. The van der Waals surface area contributed by atoms with Gasteiger partial charge in [-0.05, 0) is 43.4 Å². The first kappa shape index (κ1) is 22.3. The summed E-state index contributed by atoms with van der Waals surface area (Å²) in [6, 6.07) is 5.58. The van der Waals surface area contributed by atoms with Crippen LogP contribution in [-0.4, -0.2) is 25.5 Å². The molecule has 0 unspecified atom stereocenters. The lowest BCUT2D eigenvalue weighted by atomic mass is 10.1. The highest BCUT2D eigenvalue weighted by molar-refractivity contribution is 6.31. The van der Waals surface area contributed by atoms with Crippen LogP contribution in [0.2, 0.25) is 5.02 Å². The molecule has 2 aromatic heterocycles. The third kappa shape index (κ3) is 4.95. The van der Waals surface area contributed by atoms with Crippen LogP contribution in [0.3, 0.4) is 0 Å². The zero-order valence-corrected chi connectivity index (χ0v) is 17.7. The van der Waals surface area contributed by atoms with Crippen LogP contribution in [0, 0.1) is 5.82 Å². The van der Waals surface area contributed by atoms with E-state index in [9.17, 15) is 22.4 Å². The number of anilines is 1. The molecule has 1 aromatic carbocycles. The maximum absolute atomic E-state index is 13.4. The Morgan fingerprint density at radius 3 is 2.66 bits per heavy atom. The van der Waals surface area contributed by atoms with Crippen LogP contribution in [-0.2, 0) is 36.9 Å². The highest BCUT2D eigenvalue weighted by atomic mass is 35.5. The van der Waals surface area contributed by atoms with Crippen molar-refractivity contribution < 1.29 is 22.4 Å². The molecule has 4 rings (SSSR count). The number of carbonyl (C=O) groups excluding carboxylic acids is 1. The van der Waals surface area contributed by atoms with Crippen molar-refractivity contribution in [3.63, 3.8) is 0 Å². The summed E-state index contributed by atoms with van der Waals surface area (Å²) < 4.78 is 56.1. The van der Waals surface area contributed by atoms with Crippen LogP contribution >= 0.6 is 11.6 Å². The molecule has 0 spiro atoms. The molecule has 0 aliphatic heterocycles. The minimum atomic E-state index is -4.56. The van der Waals surface area contributed by atoms with E-state index in [1.54, 1.807) is 18.3 Å². The first-order valence-electron chi connectivity index (χ1n) is 10.1. The zero-order chi connectivity index (χ0) is 22.9. The molecule has 0 saturated carbocycles. The molecule has 11 heteroatoms. The van der Waals surface area contributed by atoms with Gasteiger partial charge in [0.15, 0.2) is 11.5 Å². The van der Waals surface area contributed by atoms with Gasteiger partial charge in [-0.15, -0.1) is 0 Å². The number of nitrogens with one attached hydrogen (secondary N) is 1. The molecule has 1 amide bonds. The summed E-state index contributed by atoms with van der Waals surface area (Å²) in [7, 11) is 0. The largest absolute Gasteiger partial charge is 0.435 e. The second-order valence-electron chi connectivity index (χ2n) is 7.67. The SMILES string of the molecule is O=C(Cn1nc(C(F)(F)F)c2c1CCCCC2)Nc1ccn(Cc2ccc(F)cc2Cl)n1. The highest BCUT2D eigenvalue weighted by Gasteiger charge is 2.39. The number of nitrogens with zero attached hydrogens (tertiary/aromatic N) is 4. The Morgan fingerprint density at radius 1 is 1.12 bits per heavy atom. The van der Waals surface area contributed by atoms with Crippen molar-refractivity contribution in [3.05, 3.63) is 63.8 Å². The minimum Gasteiger partial charge on any atom is -0.308 e. The van der Waals surface area contributed by atoms with E-state index in [-0.39, 0.29) is 29.5 Å². The molecule has 0 fully saturated rings. The average Bonchev–Trinajstić information content (AvgIpc) is 3.19. The van der Waals surface area contributed by atoms with Gasteiger partial charge in [0.2, 0.25) is 5.91 Å². The van der Waals surface area contributed by atoms with Crippen molar-refractivity contribution in [2.45, 2.75) is 51.4 Å². The Hall–Kier alpha value is -2.88. The predicted molar refractivity (Wildman–Crippen MR) is 110 cm³/mol. The standard InChI is InChI=1S/C21H20ClF4N5O/c22-16-10-14(23)7-6-13(16)11-30-9-8-18(28-30)27-19(32)12-31-17-5-3-1-2-4-15(17)20(29-31)21(24,25)26/h6-10H,1-5,11-12H2,(H,27,28,32). The van der Waals surface area contributed by atoms with E-state index < -0.39 is 23.6 Å². The summed E-state index contributed by atoms with van der Waals surface area (Å²) in [6.07, 6.45) is 0.0829. The molecular formula is C21H20ClF4N5O. The number of amides is 1. The minimum absolute atomic E-state index is 0.197. The summed E-state index contributed by atoms with van der Waals surface area (Å²) in [5.41, 5.74) is 0.417. The Morgan fingerprint density at radius 2 is 1.91 bits per heavy atom. The zero-order valence-electron chi connectivity index (χ0n) is 16.9. The number of hydrogen-bond acceptors (Lipinski definition) is 3. The number of fused-ring (bicyclic) bond motifs is 1. The Bertz CT molecular complexity index is 1140.